The lowest BCUT2D eigenvalue weighted by molar-refractivity contribution is -0.124. The van der Waals surface area contributed by atoms with Gasteiger partial charge in [-0.1, -0.05) is 37.6 Å². The molecule has 0 heterocycles. The number of amides is 1. The van der Waals surface area contributed by atoms with Crippen molar-refractivity contribution in [1.29, 1.82) is 0 Å². The number of carbonyl (C=O) groups is 1. The van der Waals surface area contributed by atoms with Crippen LogP contribution < -0.4 is 5.32 Å². The first kappa shape index (κ1) is 14.6. The summed E-state index contributed by atoms with van der Waals surface area (Å²) in [4.78, 5) is 12.3. The summed E-state index contributed by atoms with van der Waals surface area (Å²) in [5, 5.41) is 13.6. The Hall–Kier alpha value is -1.35. The summed E-state index contributed by atoms with van der Waals surface area (Å²) in [6.07, 6.45) is 5.81. The predicted octanol–water partition coefficient (Wildman–Crippen LogP) is 2.77. The number of hydrogen-bond donors (Lipinski definition) is 2. The van der Waals surface area contributed by atoms with Gasteiger partial charge in [-0.15, -0.1) is 0 Å². The van der Waals surface area contributed by atoms with E-state index in [0.29, 0.717) is 6.54 Å². The highest BCUT2D eigenvalue weighted by atomic mass is 16.3. The van der Waals surface area contributed by atoms with E-state index in [0.717, 1.165) is 43.6 Å². The molecule has 0 saturated heterocycles. The second kappa shape index (κ2) is 5.80. The predicted molar refractivity (Wildman–Crippen MR) is 83.1 cm³/mol. The molecule has 3 heteroatoms. The number of nitrogens with one attached hydrogen (secondary N) is 1. The van der Waals surface area contributed by atoms with Gasteiger partial charge >= 0.3 is 0 Å². The number of fused-ring (bicyclic) bond motifs is 1. The molecule has 1 amide bonds. The van der Waals surface area contributed by atoms with E-state index in [9.17, 15) is 9.90 Å². The third kappa shape index (κ3) is 2.98. The first-order valence-corrected chi connectivity index (χ1v) is 8.19. The van der Waals surface area contributed by atoms with Crippen LogP contribution >= 0.6 is 0 Å². The van der Waals surface area contributed by atoms with Crippen molar-refractivity contribution in [1.82, 2.24) is 5.32 Å². The van der Waals surface area contributed by atoms with Crippen LogP contribution in [0.25, 0.3) is 0 Å². The monoisotopic (exact) mass is 287 g/mol. The lowest BCUT2D eigenvalue weighted by Gasteiger charge is -2.37. The summed E-state index contributed by atoms with van der Waals surface area (Å²) in [5.41, 5.74) is 1.74. The van der Waals surface area contributed by atoms with Crippen molar-refractivity contribution >= 4 is 5.91 Å². The number of hydrogen-bond acceptors (Lipinski definition) is 2. The highest BCUT2D eigenvalue weighted by Gasteiger charge is 2.36. The van der Waals surface area contributed by atoms with E-state index in [1.165, 1.54) is 12.0 Å². The van der Waals surface area contributed by atoms with Crippen LogP contribution in [0.5, 0.6) is 0 Å². The summed E-state index contributed by atoms with van der Waals surface area (Å²) in [6.45, 7) is 2.62. The first-order chi connectivity index (χ1) is 10.1. The van der Waals surface area contributed by atoms with E-state index in [1.54, 1.807) is 0 Å². The van der Waals surface area contributed by atoms with Crippen LogP contribution in [0, 0.1) is 5.92 Å². The van der Waals surface area contributed by atoms with Crippen LogP contribution in [0.1, 0.15) is 56.1 Å². The Morgan fingerprint density at radius 3 is 2.71 bits per heavy atom. The van der Waals surface area contributed by atoms with Crippen molar-refractivity contribution in [3.05, 3.63) is 35.4 Å². The highest BCUT2D eigenvalue weighted by Crippen LogP contribution is 2.36. The number of benzene rings is 1. The summed E-state index contributed by atoms with van der Waals surface area (Å²) in [6, 6.07) is 8.11. The van der Waals surface area contributed by atoms with Gasteiger partial charge in [0.1, 0.15) is 0 Å². The zero-order chi connectivity index (χ0) is 14.9. The van der Waals surface area contributed by atoms with E-state index in [2.05, 4.69) is 18.3 Å². The van der Waals surface area contributed by atoms with Crippen molar-refractivity contribution in [2.75, 3.05) is 6.54 Å². The lowest BCUT2D eigenvalue weighted by atomic mass is 9.76. The lowest BCUT2D eigenvalue weighted by Crippen LogP contribution is -2.47. The van der Waals surface area contributed by atoms with Crippen molar-refractivity contribution < 1.29 is 9.90 Å². The SMILES string of the molecule is CCC1CCC(O)(CNC(=O)C2Cc3ccccc32)CC1. The smallest absolute Gasteiger partial charge is 0.227 e. The molecule has 0 aliphatic heterocycles. The minimum atomic E-state index is -0.690. The van der Waals surface area contributed by atoms with Gasteiger partial charge in [-0.3, -0.25) is 4.79 Å². The summed E-state index contributed by atoms with van der Waals surface area (Å²) < 4.78 is 0. The molecule has 0 radical (unpaired) electrons. The number of carbonyl (C=O) groups excluding carboxylic acids is 1. The Morgan fingerprint density at radius 1 is 1.33 bits per heavy atom. The molecular formula is C18H25NO2. The molecule has 1 aromatic carbocycles. The molecule has 1 fully saturated rings. The van der Waals surface area contributed by atoms with Crippen molar-refractivity contribution in [3.63, 3.8) is 0 Å². The highest BCUT2D eigenvalue weighted by molar-refractivity contribution is 5.86. The number of aliphatic hydroxyl groups is 1. The first-order valence-electron chi connectivity index (χ1n) is 8.19. The Bertz CT molecular complexity index is 518. The van der Waals surface area contributed by atoms with Gasteiger partial charge < -0.3 is 10.4 Å². The molecule has 1 saturated carbocycles. The van der Waals surface area contributed by atoms with Gasteiger partial charge in [0.25, 0.3) is 0 Å². The van der Waals surface area contributed by atoms with E-state index in [1.807, 2.05) is 18.2 Å². The third-order valence-corrected chi connectivity index (χ3v) is 5.38. The topological polar surface area (TPSA) is 49.3 Å². The van der Waals surface area contributed by atoms with E-state index < -0.39 is 5.60 Å². The Morgan fingerprint density at radius 2 is 2.05 bits per heavy atom. The molecule has 0 aromatic heterocycles. The van der Waals surface area contributed by atoms with Crippen LogP contribution in [0.3, 0.4) is 0 Å². The van der Waals surface area contributed by atoms with Gasteiger partial charge in [0.05, 0.1) is 11.5 Å². The van der Waals surface area contributed by atoms with Crippen molar-refractivity contribution in [2.45, 2.75) is 57.0 Å². The molecule has 2 aliphatic rings. The minimum absolute atomic E-state index is 0.0169. The second-order valence-corrected chi connectivity index (χ2v) is 6.75. The van der Waals surface area contributed by atoms with Crippen LogP contribution in [0.15, 0.2) is 24.3 Å². The largest absolute Gasteiger partial charge is 0.388 e. The Balaban J connectivity index is 1.51. The normalized spacial score (nSPS) is 31.1. The quantitative estimate of drug-likeness (QED) is 0.894. The molecule has 114 valence electrons. The molecule has 21 heavy (non-hydrogen) atoms. The van der Waals surface area contributed by atoms with Crippen LogP contribution in [-0.4, -0.2) is 23.2 Å². The molecule has 0 spiro atoms. The molecule has 2 aliphatic carbocycles. The molecule has 0 bridgehead atoms. The molecular weight excluding hydrogens is 262 g/mol. The summed E-state index contributed by atoms with van der Waals surface area (Å²) in [7, 11) is 0. The Labute approximate surface area is 126 Å². The van der Waals surface area contributed by atoms with E-state index in [-0.39, 0.29) is 11.8 Å². The zero-order valence-electron chi connectivity index (χ0n) is 12.8. The van der Waals surface area contributed by atoms with Gasteiger partial charge in [0.2, 0.25) is 5.91 Å². The van der Waals surface area contributed by atoms with Gasteiger partial charge in [0.15, 0.2) is 0 Å². The van der Waals surface area contributed by atoms with E-state index in [4.69, 9.17) is 0 Å². The maximum atomic E-state index is 12.3. The second-order valence-electron chi connectivity index (χ2n) is 6.75. The minimum Gasteiger partial charge on any atom is -0.388 e. The molecule has 3 nitrogen and oxygen atoms in total. The fraction of sp³-hybridized carbons (Fsp3) is 0.611. The van der Waals surface area contributed by atoms with Crippen LogP contribution in [-0.2, 0) is 11.2 Å². The fourth-order valence-corrected chi connectivity index (χ4v) is 3.67. The maximum Gasteiger partial charge on any atom is 0.227 e. The van der Waals surface area contributed by atoms with Crippen LogP contribution in [0.4, 0.5) is 0 Å². The van der Waals surface area contributed by atoms with Gasteiger partial charge in [0, 0.05) is 6.54 Å². The molecule has 1 unspecified atom stereocenters. The third-order valence-electron chi connectivity index (χ3n) is 5.38. The standard InChI is InChI=1S/C18H25NO2/c1-2-13-7-9-18(21,10-8-13)12-19-17(20)16-11-14-5-3-4-6-15(14)16/h3-6,13,16,21H,2,7-12H2,1H3,(H,19,20). The molecule has 1 atom stereocenters. The zero-order valence-corrected chi connectivity index (χ0v) is 12.8. The fourth-order valence-electron chi connectivity index (χ4n) is 3.67. The number of rotatable bonds is 4. The summed E-state index contributed by atoms with van der Waals surface area (Å²) in [5.74, 6) is 0.802. The average molecular weight is 287 g/mol. The molecule has 1 aromatic rings. The maximum absolute atomic E-state index is 12.3. The van der Waals surface area contributed by atoms with Crippen molar-refractivity contribution in [2.24, 2.45) is 5.92 Å². The van der Waals surface area contributed by atoms with Gasteiger partial charge in [-0.25, -0.2) is 0 Å². The van der Waals surface area contributed by atoms with Gasteiger partial charge in [-0.05, 0) is 49.1 Å². The molecule has 3 rings (SSSR count). The van der Waals surface area contributed by atoms with E-state index >= 15 is 0 Å². The average Bonchev–Trinajstić information content (AvgIpc) is 2.47. The van der Waals surface area contributed by atoms with Crippen molar-refractivity contribution in [3.8, 4) is 0 Å². The van der Waals surface area contributed by atoms with Crippen LogP contribution in [0.2, 0.25) is 0 Å². The Kier molecular flexibility index (Phi) is 4.03. The molecule has 2 N–H and O–H groups in total. The van der Waals surface area contributed by atoms with Gasteiger partial charge in [-0.2, -0.15) is 0 Å². The summed E-state index contributed by atoms with van der Waals surface area (Å²) >= 11 is 0.